The maximum Gasteiger partial charge on any atom is 0.325 e. The van der Waals surface area contributed by atoms with Crippen LogP contribution in [0.4, 0.5) is 0 Å². The van der Waals surface area contributed by atoms with Crippen LogP contribution in [0.2, 0.25) is 0 Å². The number of amides is 8. The highest BCUT2D eigenvalue weighted by Crippen LogP contribution is 2.29. The molecule has 414 valence electrons. The number of primary amides is 1. The second-order valence-electron chi connectivity index (χ2n) is 17.8. The number of nitrogens with two attached hydrogens (primary N) is 1. The van der Waals surface area contributed by atoms with E-state index in [1.807, 2.05) is 18.2 Å². The number of benzene rings is 1. The average Bonchev–Trinajstić information content (AvgIpc) is 4.28. The lowest BCUT2D eigenvalue weighted by atomic mass is 10.0. The van der Waals surface area contributed by atoms with E-state index in [2.05, 4.69) is 81.0 Å². The maximum atomic E-state index is 14.7. The molecule has 29 heteroatoms. The highest BCUT2D eigenvalue weighted by molar-refractivity contribution is 7.13. The van der Waals surface area contributed by atoms with E-state index in [0.29, 0.717) is 16.3 Å². The zero-order valence-electron chi connectivity index (χ0n) is 42.3. The fraction of sp³-hybridized carbons (Fsp3) is 0.300. The molecule has 79 heavy (non-hydrogen) atoms. The molecule has 0 saturated carbocycles. The van der Waals surface area contributed by atoms with Gasteiger partial charge < -0.3 is 73.5 Å². The summed E-state index contributed by atoms with van der Waals surface area (Å²) in [7, 11) is 0. The van der Waals surface area contributed by atoms with Gasteiger partial charge in [-0.05, 0) is 44.0 Å². The predicted molar refractivity (Wildman–Crippen MR) is 288 cm³/mol. The number of para-hydroxylation sites is 1. The third-order valence-electron chi connectivity index (χ3n) is 11.9. The van der Waals surface area contributed by atoms with Gasteiger partial charge in [0.1, 0.15) is 57.5 Å². The van der Waals surface area contributed by atoms with Crippen molar-refractivity contribution < 1.29 is 58.1 Å². The summed E-state index contributed by atoms with van der Waals surface area (Å²) in [6.07, 6.45) is 2.38. The quantitative estimate of drug-likeness (QED) is 0.0828. The smallest absolute Gasteiger partial charge is 0.325 e. The van der Waals surface area contributed by atoms with Crippen LogP contribution in [-0.2, 0) is 39.9 Å². The number of aromatic nitrogens is 4. The summed E-state index contributed by atoms with van der Waals surface area (Å²) >= 11 is 2.07. The lowest BCUT2D eigenvalue weighted by Gasteiger charge is -2.22. The summed E-state index contributed by atoms with van der Waals surface area (Å²) < 4.78 is 5.86. The minimum Gasteiger partial charge on any atom is -0.480 e. The van der Waals surface area contributed by atoms with Crippen molar-refractivity contribution in [3.63, 3.8) is 0 Å². The molecule has 27 nitrogen and oxygen atoms in total. The first-order chi connectivity index (χ1) is 37.8. The Balaban J connectivity index is 1.19. The van der Waals surface area contributed by atoms with Crippen molar-refractivity contribution in [2.45, 2.75) is 69.5 Å². The summed E-state index contributed by atoms with van der Waals surface area (Å²) in [5.41, 5.74) is 6.83. The minimum absolute atomic E-state index is 0.0571. The fourth-order valence-corrected chi connectivity index (χ4v) is 9.16. The van der Waals surface area contributed by atoms with E-state index in [9.17, 15) is 53.4 Å². The minimum atomic E-state index is -1.35. The maximum absolute atomic E-state index is 14.7. The lowest BCUT2D eigenvalue weighted by Crippen LogP contribution is -2.53. The van der Waals surface area contributed by atoms with Gasteiger partial charge >= 0.3 is 5.97 Å². The van der Waals surface area contributed by atoms with Gasteiger partial charge in [0.25, 0.3) is 17.7 Å². The second kappa shape index (κ2) is 26.1. The number of carboxylic acid groups (broad SMARTS) is 1. The van der Waals surface area contributed by atoms with Crippen LogP contribution < -0.4 is 53.6 Å². The Hall–Kier alpha value is -9.35. The number of fused-ring (bicyclic) bond motifs is 7. The van der Waals surface area contributed by atoms with E-state index in [1.165, 1.54) is 49.2 Å². The van der Waals surface area contributed by atoms with Gasteiger partial charge in [-0.2, -0.15) is 0 Å². The van der Waals surface area contributed by atoms with E-state index in [-0.39, 0.29) is 77.1 Å². The van der Waals surface area contributed by atoms with Crippen LogP contribution in [0.3, 0.4) is 0 Å². The molecule has 8 amide bonds. The molecular formula is C50H55N15O12S2. The zero-order chi connectivity index (χ0) is 56.9. The van der Waals surface area contributed by atoms with Gasteiger partial charge in [0.15, 0.2) is 0 Å². The van der Waals surface area contributed by atoms with E-state index < -0.39 is 103 Å². The van der Waals surface area contributed by atoms with Crippen LogP contribution in [0.5, 0.6) is 0 Å². The van der Waals surface area contributed by atoms with Crippen LogP contribution in [-0.4, -0.2) is 152 Å². The van der Waals surface area contributed by atoms with Gasteiger partial charge in [0.05, 0.1) is 54.1 Å². The molecule has 0 spiro atoms. The van der Waals surface area contributed by atoms with Gasteiger partial charge in [-0.3, -0.25) is 48.1 Å². The number of hydrogen-bond acceptors (Lipinski definition) is 19. The van der Waals surface area contributed by atoms with Crippen molar-refractivity contribution in [3.05, 3.63) is 112 Å². The second-order valence-corrected chi connectivity index (χ2v) is 19.5. The number of H-pyrrole nitrogens is 1. The molecule has 0 aliphatic carbocycles. The van der Waals surface area contributed by atoms with E-state index >= 15 is 0 Å². The van der Waals surface area contributed by atoms with Crippen molar-refractivity contribution in [2.75, 3.05) is 26.2 Å². The number of aliphatic imine (C=N–C) groups is 1. The molecule has 14 N–H and O–H groups in total. The molecule has 0 saturated heterocycles. The Bertz CT molecular complexity index is 3280. The van der Waals surface area contributed by atoms with Crippen molar-refractivity contribution in [3.8, 4) is 10.7 Å². The Labute approximate surface area is 457 Å². The highest BCUT2D eigenvalue weighted by Gasteiger charge is 2.32. The van der Waals surface area contributed by atoms with Crippen LogP contribution in [0.25, 0.3) is 33.0 Å². The van der Waals surface area contributed by atoms with Crippen LogP contribution >= 0.6 is 22.7 Å². The molecule has 4 bridgehead atoms. The molecule has 7 rings (SSSR count). The number of nitrogens with one attached hydrogen (secondary N) is 10. The van der Waals surface area contributed by atoms with Gasteiger partial charge in [0.2, 0.25) is 35.8 Å². The topological polar surface area (TPSA) is 404 Å². The van der Waals surface area contributed by atoms with Gasteiger partial charge in [-0.25, -0.2) is 15.0 Å². The largest absolute Gasteiger partial charge is 0.480 e. The predicted octanol–water partition coefficient (Wildman–Crippen LogP) is -0.632. The number of nitrogens with zero attached hydrogens (tertiary/aromatic N) is 4. The van der Waals surface area contributed by atoms with Crippen molar-refractivity contribution in [1.29, 1.82) is 0 Å². The first-order valence-electron chi connectivity index (χ1n) is 24.2. The molecule has 4 aromatic heterocycles. The summed E-state index contributed by atoms with van der Waals surface area (Å²) in [5.74, 6) is -7.46. The first kappa shape index (κ1) is 57.4. The van der Waals surface area contributed by atoms with Gasteiger partial charge in [-0.1, -0.05) is 31.4 Å². The Morgan fingerprint density at radius 2 is 1.63 bits per heavy atom. The van der Waals surface area contributed by atoms with Gasteiger partial charge in [0, 0.05) is 53.5 Å². The molecule has 0 radical (unpaired) electrons. The molecule has 6 heterocycles. The van der Waals surface area contributed by atoms with E-state index in [0.717, 1.165) is 33.6 Å². The number of hydrogen-bond donors (Lipinski definition) is 13. The number of carbonyl (C=O) groups excluding carboxylic acids is 8. The molecule has 2 aliphatic rings. The number of ether oxygens (including phenoxy) is 1. The average molecular weight is 1120 g/mol. The summed E-state index contributed by atoms with van der Waals surface area (Å²) in [5, 5.41) is 47.4. The third kappa shape index (κ3) is 15.0. The van der Waals surface area contributed by atoms with Gasteiger partial charge in [-0.15, -0.1) is 22.7 Å². The van der Waals surface area contributed by atoms with Crippen LogP contribution in [0, 0.1) is 0 Å². The van der Waals surface area contributed by atoms with Crippen molar-refractivity contribution >= 4 is 104 Å². The number of aliphatic hydroxyl groups is 1. The summed E-state index contributed by atoms with van der Waals surface area (Å²) in [4.78, 5) is 140. The molecule has 2 aliphatic heterocycles. The molecule has 6 atom stereocenters. The Kier molecular flexibility index (Phi) is 19.0. The SMILES string of the molecule is C=C1NCCN=CC(CO)NC(=O)CNC(=O)C(Cc2c[nH]c3ccccc23)NC(=O)c2ccc(-c3nc(C(=O)NC(C)C(=O)O)cs3)nc2C2=COC(N2)C(=C)NC(=O)C(C)NC(=O)C(CCC(N)=O)NC(=O)c2csc1n2. The number of rotatable bonds is 10. The first-order valence-corrected chi connectivity index (χ1v) is 26.0. The number of thiazole rings is 2. The molecule has 6 unspecified atom stereocenters. The normalized spacial score (nSPS) is 20.6. The molecular weight excluding hydrogens is 1070 g/mol. The fourth-order valence-electron chi connectivity index (χ4n) is 7.64. The number of carboxylic acids is 1. The standard InChI is InChI=1S/C50H55N15O12S2/c1-23-41(69)57-24(2)47-63-35(20-77-47)40-30(9-10-33(60-40)49-65-36(22-79-49)45(73)58-26(4)50(75)76)42(70)62-34(15-27-16-54-31-8-6-5-7-29(27)31)43(71)55-18-39(68)59-28(19-66)17-52-13-14-53-25(3)48-64-37(21-78-48)46(74)61-32(44(72)56-23)11-12-38(51)67/h5-10,16-17,20-23,26,28,32,34,47,53-54,63,66H,2-3,11-15,18-19H2,1,4H3,(H2,51,67)(H,55,71)(H,56,72)(H,57,69)(H,58,73)(H,59,68)(H,61,74)(H,62,70)(H,75,76). The highest BCUT2D eigenvalue weighted by atomic mass is 32.1. The summed E-state index contributed by atoms with van der Waals surface area (Å²) in [6.45, 7) is 9.76. The number of pyridine rings is 1. The third-order valence-corrected chi connectivity index (χ3v) is 13.6. The molecule has 5 aromatic rings. The molecule has 1 aromatic carbocycles. The Morgan fingerprint density at radius 3 is 2.39 bits per heavy atom. The number of aliphatic hydroxyl groups excluding tert-OH is 1. The monoisotopic (exact) mass is 1120 g/mol. The van der Waals surface area contributed by atoms with E-state index in [1.54, 1.807) is 12.3 Å². The van der Waals surface area contributed by atoms with E-state index in [4.69, 9.17) is 15.5 Å². The zero-order valence-corrected chi connectivity index (χ0v) is 44.0. The number of carbonyl (C=O) groups is 9. The number of aliphatic carboxylic acids is 1. The Morgan fingerprint density at radius 1 is 0.873 bits per heavy atom. The van der Waals surface area contributed by atoms with Crippen LogP contribution in [0.1, 0.15) is 74.3 Å². The number of aromatic amines is 1. The van der Waals surface area contributed by atoms with Crippen molar-refractivity contribution in [1.82, 2.24) is 67.8 Å². The molecule has 0 fully saturated rings. The lowest BCUT2D eigenvalue weighted by molar-refractivity contribution is -0.138. The summed E-state index contributed by atoms with van der Waals surface area (Å²) in [6, 6.07) is 3.97. The van der Waals surface area contributed by atoms with Crippen LogP contribution in [0.15, 0.2) is 83.5 Å². The van der Waals surface area contributed by atoms with Crippen molar-refractivity contribution in [2.24, 2.45) is 10.7 Å².